The van der Waals surface area contributed by atoms with Gasteiger partial charge in [-0.15, -0.1) is 0 Å². The molecule has 1 heterocycles. The molecule has 2 rings (SSSR count). The number of halogens is 3. The minimum atomic E-state index is -4.99. The molecular formula is C14H15F3N2O2. The Morgan fingerprint density at radius 2 is 1.90 bits per heavy atom. The van der Waals surface area contributed by atoms with E-state index in [9.17, 15) is 23.1 Å². The van der Waals surface area contributed by atoms with E-state index in [1.54, 1.807) is 19.9 Å². The first-order chi connectivity index (χ1) is 9.67. The van der Waals surface area contributed by atoms with Crippen LogP contribution in [0.2, 0.25) is 0 Å². The largest absolute Gasteiger partial charge is 0.438 e. The average molecular weight is 300 g/mol. The molecule has 4 nitrogen and oxygen atoms in total. The number of alkyl halides is 3. The van der Waals surface area contributed by atoms with Gasteiger partial charge in [-0.3, -0.25) is 4.79 Å². The molecule has 0 bridgehead atoms. The number of hydrogen-bond donors (Lipinski definition) is 1. The Hall–Kier alpha value is -1.89. The van der Waals surface area contributed by atoms with E-state index in [4.69, 9.17) is 0 Å². The van der Waals surface area contributed by atoms with Crippen LogP contribution in [0.15, 0.2) is 35.4 Å². The van der Waals surface area contributed by atoms with Gasteiger partial charge in [-0.25, -0.2) is 0 Å². The van der Waals surface area contributed by atoms with Crippen LogP contribution >= 0.6 is 0 Å². The lowest BCUT2D eigenvalue weighted by atomic mass is 9.99. The van der Waals surface area contributed by atoms with Crippen molar-refractivity contribution in [2.45, 2.75) is 32.2 Å². The van der Waals surface area contributed by atoms with Crippen molar-refractivity contribution in [1.29, 1.82) is 0 Å². The average Bonchev–Trinajstić information content (AvgIpc) is 2.78. The lowest BCUT2D eigenvalue weighted by Gasteiger charge is -2.32. The zero-order chi connectivity index (χ0) is 15.8. The number of rotatable bonds is 2. The van der Waals surface area contributed by atoms with Gasteiger partial charge in [0.15, 0.2) is 0 Å². The summed E-state index contributed by atoms with van der Waals surface area (Å²) in [6, 6.07) is 7.45. The molecule has 0 spiro atoms. The van der Waals surface area contributed by atoms with E-state index in [0.717, 1.165) is 0 Å². The number of benzene rings is 1. The molecule has 1 amide bonds. The summed E-state index contributed by atoms with van der Waals surface area (Å²) < 4.78 is 39.6. The Bertz CT molecular complexity index is 569. The van der Waals surface area contributed by atoms with E-state index >= 15 is 0 Å². The van der Waals surface area contributed by atoms with Crippen molar-refractivity contribution < 1.29 is 23.1 Å². The monoisotopic (exact) mass is 300 g/mol. The van der Waals surface area contributed by atoms with Crippen molar-refractivity contribution in [3.63, 3.8) is 0 Å². The first kappa shape index (κ1) is 15.5. The van der Waals surface area contributed by atoms with E-state index in [-0.39, 0.29) is 22.2 Å². The SMILES string of the molecule is CC(C)C1=NN(C(=O)c2ccccc2)[C@](O)(C(F)(F)F)C1. The molecule has 0 aliphatic carbocycles. The number of carbonyl (C=O) groups is 1. The summed E-state index contributed by atoms with van der Waals surface area (Å²) in [7, 11) is 0. The van der Waals surface area contributed by atoms with Gasteiger partial charge < -0.3 is 5.11 Å². The van der Waals surface area contributed by atoms with Crippen LogP contribution in [-0.2, 0) is 0 Å². The molecule has 1 N–H and O–H groups in total. The van der Waals surface area contributed by atoms with Crippen LogP contribution < -0.4 is 0 Å². The molecule has 1 atom stereocenters. The summed E-state index contributed by atoms with van der Waals surface area (Å²) >= 11 is 0. The smallest absolute Gasteiger partial charge is 0.362 e. The first-order valence-electron chi connectivity index (χ1n) is 6.43. The quantitative estimate of drug-likeness (QED) is 0.913. The maximum absolute atomic E-state index is 13.2. The fraction of sp³-hybridized carbons (Fsp3) is 0.429. The predicted molar refractivity (Wildman–Crippen MR) is 70.5 cm³/mol. The van der Waals surface area contributed by atoms with Crippen molar-refractivity contribution in [2.75, 3.05) is 0 Å². The van der Waals surface area contributed by atoms with Gasteiger partial charge in [0.05, 0.1) is 0 Å². The van der Waals surface area contributed by atoms with Gasteiger partial charge >= 0.3 is 6.18 Å². The van der Waals surface area contributed by atoms with E-state index < -0.39 is 24.2 Å². The number of aliphatic hydroxyl groups is 1. The fourth-order valence-electron chi connectivity index (χ4n) is 2.03. The van der Waals surface area contributed by atoms with Crippen LogP contribution in [0.1, 0.15) is 30.6 Å². The van der Waals surface area contributed by atoms with Gasteiger partial charge in [-0.1, -0.05) is 32.0 Å². The van der Waals surface area contributed by atoms with Crippen LogP contribution in [0.5, 0.6) is 0 Å². The molecule has 1 aliphatic heterocycles. The Morgan fingerprint density at radius 1 is 1.33 bits per heavy atom. The summed E-state index contributed by atoms with van der Waals surface area (Å²) in [4.78, 5) is 12.2. The lowest BCUT2D eigenvalue weighted by molar-refractivity contribution is -0.297. The molecule has 0 aromatic heterocycles. The minimum Gasteiger partial charge on any atom is -0.362 e. The van der Waals surface area contributed by atoms with E-state index in [2.05, 4.69) is 5.10 Å². The van der Waals surface area contributed by atoms with Crippen LogP contribution in [0.4, 0.5) is 13.2 Å². The second-order valence-electron chi connectivity index (χ2n) is 5.22. The lowest BCUT2D eigenvalue weighted by Crippen LogP contribution is -2.56. The van der Waals surface area contributed by atoms with Gasteiger partial charge in [0.25, 0.3) is 11.6 Å². The first-order valence-corrected chi connectivity index (χ1v) is 6.43. The van der Waals surface area contributed by atoms with Gasteiger partial charge in [0, 0.05) is 17.7 Å². The van der Waals surface area contributed by atoms with Gasteiger partial charge in [0.1, 0.15) is 0 Å². The summed E-state index contributed by atoms with van der Waals surface area (Å²) in [5, 5.41) is 13.9. The molecule has 1 aliphatic rings. The van der Waals surface area contributed by atoms with Crippen LogP contribution in [0, 0.1) is 5.92 Å². The molecule has 1 aromatic carbocycles. The number of nitrogens with zero attached hydrogens (tertiary/aromatic N) is 2. The van der Waals surface area contributed by atoms with E-state index in [1.165, 1.54) is 24.3 Å². The third kappa shape index (κ3) is 2.65. The third-order valence-electron chi connectivity index (χ3n) is 3.34. The Labute approximate surface area is 119 Å². The van der Waals surface area contributed by atoms with Crippen LogP contribution in [0.3, 0.4) is 0 Å². The summed E-state index contributed by atoms with van der Waals surface area (Å²) in [6.07, 6.45) is -5.72. The Kier molecular flexibility index (Phi) is 3.79. The van der Waals surface area contributed by atoms with Crippen LogP contribution in [0.25, 0.3) is 0 Å². The predicted octanol–water partition coefficient (Wildman–Crippen LogP) is 2.80. The third-order valence-corrected chi connectivity index (χ3v) is 3.34. The highest BCUT2D eigenvalue weighted by Crippen LogP contribution is 2.41. The maximum atomic E-state index is 13.2. The zero-order valence-electron chi connectivity index (χ0n) is 11.6. The molecule has 114 valence electrons. The minimum absolute atomic E-state index is 0.0360. The summed E-state index contributed by atoms with van der Waals surface area (Å²) in [6.45, 7) is 3.32. The molecule has 0 radical (unpaired) electrons. The van der Waals surface area contributed by atoms with Gasteiger partial charge in [-0.05, 0) is 18.1 Å². The van der Waals surface area contributed by atoms with Crippen molar-refractivity contribution in [3.05, 3.63) is 35.9 Å². The Morgan fingerprint density at radius 3 is 2.38 bits per heavy atom. The van der Waals surface area contributed by atoms with Crippen molar-refractivity contribution >= 4 is 11.6 Å². The zero-order valence-corrected chi connectivity index (χ0v) is 11.6. The summed E-state index contributed by atoms with van der Waals surface area (Å²) in [5.74, 6) is -1.28. The standard InChI is InChI=1S/C14H15F3N2O2/c1-9(2)11-8-13(21,14(15,16)17)19(18-11)12(20)10-6-4-3-5-7-10/h3-7,9,21H,8H2,1-2H3/t13-/m1/s1. The molecule has 7 heteroatoms. The normalized spacial score (nSPS) is 22.6. The second kappa shape index (κ2) is 5.14. The van der Waals surface area contributed by atoms with E-state index in [1.807, 2.05) is 0 Å². The highest BCUT2D eigenvalue weighted by atomic mass is 19.4. The molecule has 21 heavy (non-hydrogen) atoms. The number of amides is 1. The van der Waals surface area contributed by atoms with E-state index in [0.29, 0.717) is 0 Å². The topological polar surface area (TPSA) is 52.9 Å². The van der Waals surface area contributed by atoms with Crippen molar-refractivity contribution in [3.8, 4) is 0 Å². The van der Waals surface area contributed by atoms with Gasteiger partial charge in [0.2, 0.25) is 0 Å². The molecule has 0 saturated carbocycles. The molecule has 0 saturated heterocycles. The van der Waals surface area contributed by atoms with Crippen molar-refractivity contribution in [1.82, 2.24) is 5.01 Å². The summed E-state index contributed by atoms with van der Waals surface area (Å²) in [5.41, 5.74) is -3.12. The molecule has 1 aromatic rings. The molecule has 0 fully saturated rings. The second-order valence-corrected chi connectivity index (χ2v) is 5.22. The number of carbonyl (C=O) groups excluding carboxylic acids is 1. The maximum Gasteiger partial charge on any atom is 0.438 e. The number of hydrazone groups is 1. The van der Waals surface area contributed by atoms with Gasteiger partial charge in [-0.2, -0.15) is 23.3 Å². The Balaban J connectivity index is 2.44. The fourth-order valence-corrected chi connectivity index (χ4v) is 2.03. The highest BCUT2D eigenvalue weighted by molar-refractivity contribution is 5.98. The highest BCUT2D eigenvalue weighted by Gasteiger charge is 2.63. The van der Waals surface area contributed by atoms with Crippen molar-refractivity contribution in [2.24, 2.45) is 11.0 Å². The molecular weight excluding hydrogens is 285 g/mol. The van der Waals surface area contributed by atoms with Crippen LogP contribution in [-0.4, -0.2) is 33.6 Å². The molecule has 0 unspecified atom stereocenters. The number of hydrogen-bond acceptors (Lipinski definition) is 3.